The van der Waals surface area contributed by atoms with E-state index in [9.17, 15) is 17.6 Å². The molecular formula is C21H14F4N4. The standard InChI is InChI=1S/C21H14F4N4/c1-11-18(13-5-4-12-3-2-8-27-17(12)9-13)28-20(29-19(11)26)15-7-6-14(10-16(15)22)21(23,24)25/h2-10H,1H3,(H2,26,28,29). The first kappa shape index (κ1) is 18.8. The highest BCUT2D eigenvalue weighted by atomic mass is 19.4. The van der Waals surface area contributed by atoms with E-state index < -0.39 is 17.6 Å². The van der Waals surface area contributed by atoms with Gasteiger partial charge in [0.05, 0.1) is 22.3 Å². The highest BCUT2D eigenvalue weighted by molar-refractivity contribution is 5.84. The summed E-state index contributed by atoms with van der Waals surface area (Å²) in [7, 11) is 0. The topological polar surface area (TPSA) is 64.7 Å². The molecule has 2 aromatic carbocycles. The molecule has 8 heteroatoms. The Balaban J connectivity index is 1.86. The maximum atomic E-state index is 14.4. The van der Waals surface area contributed by atoms with Crippen molar-refractivity contribution in [1.29, 1.82) is 0 Å². The van der Waals surface area contributed by atoms with Crippen molar-refractivity contribution in [2.75, 3.05) is 5.73 Å². The minimum Gasteiger partial charge on any atom is -0.383 e. The van der Waals surface area contributed by atoms with Crippen LogP contribution in [0.4, 0.5) is 23.4 Å². The monoisotopic (exact) mass is 398 g/mol. The van der Waals surface area contributed by atoms with Gasteiger partial charge in [-0.15, -0.1) is 0 Å². The Labute approximate surface area is 163 Å². The number of anilines is 1. The number of pyridine rings is 1. The van der Waals surface area contributed by atoms with Gasteiger partial charge in [0.2, 0.25) is 0 Å². The minimum absolute atomic E-state index is 0.0876. The molecule has 4 rings (SSSR count). The van der Waals surface area contributed by atoms with Crippen LogP contribution >= 0.6 is 0 Å². The van der Waals surface area contributed by atoms with E-state index in [2.05, 4.69) is 15.0 Å². The molecule has 0 fully saturated rings. The Morgan fingerprint density at radius 2 is 1.76 bits per heavy atom. The summed E-state index contributed by atoms with van der Waals surface area (Å²) >= 11 is 0. The number of nitrogen functional groups attached to an aromatic ring is 1. The van der Waals surface area contributed by atoms with E-state index in [1.807, 2.05) is 30.3 Å². The second kappa shape index (κ2) is 6.80. The SMILES string of the molecule is Cc1c(N)nc(-c2ccc(C(F)(F)F)cc2F)nc1-c1ccc2cccnc2c1. The fourth-order valence-corrected chi connectivity index (χ4v) is 3.02. The van der Waals surface area contributed by atoms with Gasteiger partial charge in [0.1, 0.15) is 11.6 Å². The fourth-order valence-electron chi connectivity index (χ4n) is 3.02. The smallest absolute Gasteiger partial charge is 0.383 e. The van der Waals surface area contributed by atoms with Gasteiger partial charge in [0.15, 0.2) is 5.82 Å². The number of hydrogen-bond donors (Lipinski definition) is 1. The van der Waals surface area contributed by atoms with Crippen LogP contribution in [0.2, 0.25) is 0 Å². The van der Waals surface area contributed by atoms with Crippen molar-refractivity contribution in [1.82, 2.24) is 15.0 Å². The molecular weight excluding hydrogens is 384 g/mol. The van der Waals surface area contributed by atoms with Gasteiger partial charge in [-0.05, 0) is 37.3 Å². The third-order valence-electron chi connectivity index (χ3n) is 4.60. The second-order valence-corrected chi connectivity index (χ2v) is 6.51. The van der Waals surface area contributed by atoms with Gasteiger partial charge in [-0.25, -0.2) is 14.4 Å². The van der Waals surface area contributed by atoms with Gasteiger partial charge < -0.3 is 5.73 Å². The quantitative estimate of drug-likeness (QED) is 0.459. The van der Waals surface area contributed by atoms with E-state index in [0.29, 0.717) is 22.9 Å². The van der Waals surface area contributed by atoms with Crippen LogP contribution in [0.25, 0.3) is 33.5 Å². The first-order valence-corrected chi connectivity index (χ1v) is 8.60. The van der Waals surface area contributed by atoms with Gasteiger partial charge in [-0.3, -0.25) is 4.98 Å². The van der Waals surface area contributed by atoms with Crippen molar-refractivity contribution in [3.05, 3.63) is 71.7 Å². The number of fused-ring (bicyclic) bond motifs is 1. The van der Waals surface area contributed by atoms with Gasteiger partial charge in [-0.2, -0.15) is 13.2 Å². The first-order chi connectivity index (χ1) is 13.7. The van der Waals surface area contributed by atoms with E-state index in [4.69, 9.17) is 5.73 Å². The Bertz CT molecular complexity index is 1240. The Morgan fingerprint density at radius 3 is 2.48 bits per heavy atom. The van der Waals surface area contributed by atoms with Crippen LogP contribution < -0.4 is 5.73 Å². The number of nitrogens with zero attached hydrogens (tertiary/aromatic N) is 3. The van der Waals surface area contributed by atoms with Crippen molar-refractivity contribution in [2.45, 2.75) is 13.1 Å². The zero-order valence-corrected chi connectivity index (χ0v) is 15.1. The lowest BCUT2D eigenvalue weighted by Gasteiger charge is -2.12. The molecule has 0 atom stereocenters. The number of hydrogen-bond acceptors (Lipinski definition) is 4. The molecule has 2 aromatic heterocycles. The van der Waals surface area contributed by atoms with Crippen molar-refractivity contribution >= 4 is 16.7 Å². The van der Waals surface area contributed by atoms with Crippen LogP contribution in [0.3, 0.4) is 0 Å². The highest BCUT2D eigenvalue weighted by Crippen LogP contribution is 2.34. The number of aromatic nitrogens is 3. The van der Waals surface area contributed by atoms with Crippen molar-refractivity contribution in [2.24, 2.45) is 0 Å². The molecule has 4 aromatic rings. The number of alkyl halides is 3. The van der Waals surface area contributed by atoms with E-state index >= 15 is 0 Å². The van der Waals surface area contributed by atoms with E-state index in [1.54, 1.807) is 13.1 Å². The van der Waals surface area contributed by atoms with Gasteiger partial charge in [0, 0.05) is 22.7 Å². The largest absolute Gasteiger partial charge is 0.416 e. The lowest BCUT2D eigenvalue weighted by Crippen LogP contribution is -2.07. The summed E-state index contributed by atoms with van der Waals surface area (Å²) < 4.78 is 52.8. The summed E-state index contributed by atoms with van der Waals surface area (Å²) in [5.41, 5.74) is 7.21. The molecule has 0 saturated carbocycles. The lowest BCUT2D eigenvalue weighted by molar-refractivity contribution is -0.137. The number of nitrogens with two attached hydrogens (primary N) is 1. The molecule has 2 heterocycles. The molecule has 0 aliphatic rings. The van der Waals surface area contributed by atoms with Gasteiger partial charge in [0.25, 0.3) is 0 Å². The van der Waals surface area contributed by atoms with Gasteiger partial charge >= 0.3 is 6.18 Å². The molecule has 0 aliphatic heterocycles. The fraction of sp³-hybridized carbons (Fsp3) is 0.0952. The summed E-state index contributed by atoms with van der Waals surface area (Å²) in [4.78, 5) is 12.8. The molecule has 0 bridgehead atoms. The minimum atomic E-state index is -4.64. The molecule has 2 N–H and O–H groups in total. The van der Waals surface area contributed by atoms with Crippen LogP contribution in [0.1, 0.15) is 11.1 Å². The zero-order chi connectivity index (χ0) is 20.8. The number of benzene rings is 2. The van der Waals surface area contributed by atoms with Crippen LogP contribution in [-0.2, 0) is 6.18 Å². The second-order valence-electron chi connectivity index (χ2n) is 6.51. The maximum Gasteiger partial charge on any atom is 0.416 e. The lowest BCUT2D eigenvalue weighted by atomic mass is 10.0. The number of rotatable bonds is 2. The summed E-state index contributed by atoms with van der Waals surface area (Å²) in [6, 6.07) is 11.5. The third kappa shape index (κ3) is 3.49. The zero-order valence-electron chi connectivity index (χ0n) is 15.1. The summed E-state index contributed by atoms with van der Waals surface area (Å²) in [5.74, 6) is -1.05. The molecule has 146 valence electrons. The molecule has 0 radical (unpaired) electrons. The molecule has 0 aliphatic carbocycles. The molecule has 29 heavy (non-hydrogen) atoms. The van der Waals surface area contributed by atoms with Crippen LogP contribution in [0, 0.1) is 12.7 Å². The van der Waals surface area contributed by atoms with E-state index in [0.717, 1.165) is 23.0 Å². The van der Waals surface area contributed by atoms with Crippen LogP contribution in [-0.4, -0.2) is 15.0 Å². The Kier molecular flexibility index (Phi) is 4.41. The van der Waals surface area contributed by atoms with Crippen molar-refractivity contribution < 1.29 is 17.6 Å². The molecule has 0 spiro atoms. The molecule has 0 amide bonds. The summed E-state index contributed by atoms with van der Waals surface area (Å²) in [6.45, 7) is 1.72. The van der Waals surface area contributed by atoms with Crippen LogP contribution in [0.5, 0.6) is 0 Å². The van der Waals surface area contributed by atoms with Crippen molar-refractivity contribution in [3.63, 3.8) is 0 Å². The van der Waals surface area contributed by atoms with Gasteiger partial charge in [-0.1, -0.05) is 18.2 Å². The molecule has 0 saturated heterocycles. The average molecular weight is 398 g/mol. The summed E-state index contributed by atoms with van der Waals surface area (Å²) in [5, 5.41) is 0.935. The Hall–Kier alpha value is -3.55. The van der Waals surface area contributed by atoms with E-state index in [1.165, 1.54) is 0 Å². The third-order valence-corrected chi connectivity index (χ3v) is 4.60. The maximum absolute atomic E-state index is 14.4. The van der Waals surface area contributed by atoms with Crippen molar-refractivity contribution in [3.8, 4) is 22.6 Å². The Morgan fingerprint density at radius 1 is 0.966 bits per heavy atom. The average Bonchev–Trinajstić information content (AvgIpc) is 2.69. The predicted molar refractivity (Wildman–Crippen MR) is 102 cm³/mol. The highest BCUT2D eigenvalue weighted by Gasteiger charge is 2.31. The summed E-state index contributed by atoms with van der Waals surface area (Å²) in [6.07, 6.45) is -2.98. The van der Waals surface area contributed by atoms with Crippen LogP contribution in [0.15, 0.2) is 54.7 Å². The number of halogens is 4. The first-order valence-electron chi connectivity index (χ1n) is 8.60. The molecule has 0 unspecified atom stereocenters. The van der Waals surface area contributed by atoms with E-state index in [-0.39, 0.29) is 17.2 Å². The predicted octanol–water partition coefficient (Wildman–Crippen LogP) is 5.41. The normalized spacial score (nSPS) is 11.8. The molecule has 4 nitrogen and oxygen atoms in total.